The van der Waals surface area contributed by atoms with E-state index in [2.05, 4.69) is 38.4 Å². The molecule has 3 rings (SSSR count). The molecule has 3 heterocycles. The largest absolute Gasteiger partial charge is 0.468 e. The zero-order chi connectivity index (χ0) is 15.9. The van der Waals surface area contributed by atoms with Crippen LogP contribution >= 0.6 is 11.8 Å². The number of rotatable bonds is 6. The lowest BCUT2D eigenvalue weighted by Gasteiger charge is -2.27. The van der Waals surface area contributed by atoms with Gasteiger partial charge < -0.3 is 15.1 Å². The number of nitrogens with zero attached hydrogens (tertiary/aromatic N) is 2. The minimum Gasteiger partial charge on any atom is -0.468 e. The van der Waals surface area contributed by atoms with Gasteiger partial charge in [0.1, 0.15) is 5.76 Å². The van der Waals surface area contributed by atoms with Gasteiger partial charge in [0.15, 0.2) is 5.96 Å². The van der Waals surface area contributed by atoms with E-state index in [1.165, 1.54) is 31.4 Å². The molecule has 0 spiro atoms. The van der Waals surface area contributed by atoms with E-state index in [0.717, 1.165) is 43.1 Å². The molecular weight excluding hydrogens is 308 g/mol. The highest BCUT2D eigenvalue weighted by molar-refractivity contribution is 8.00. The summed E-state index contributed by atoms with van der Waals surface area (Å²) in [6, 6.07) is 4.34. The van der Waals surface area contributed by atoms with Gasteiger partial charge in [-0.2, -0.15) is 11.8 Å². The normalized spacial score (nSPS) is 24.0. The van der Waals surface area contributed by atoms with Gasteiger partial charge in [-0.15, -0.1) is 0 Å². The van der Waals surface area contributed by atoms with Crippen molar-refractivity contribution in [1.82, 2.24) is 15.5 Å². The number of guanidine groups is 1. The Bertz CT molecular complexity index is 479. The minimum absolute atomic E-state index is 0.284. The summed E-state index contributed by atoms with van der Waals surface area (Å²) >= 11 is 2.07. The van der Waals surface area contributed by atoms with Gasteiger partial charge in [-0.25, -0.2) is 0 Å². The Morgan fingerprint density at radius 1 is 1.39 bits per heavy atom. The zero-order valence-corrected chi connectivity index (χ0v) is 14.8. The summed E-state index contributed by atoms with van der Waals surface area (Å²) in [6.07, 6.45) is 6.99. The van der Waals surface area contributed by atoms with Crippen LogP contribution in [0.3, 0.4) is 0 Å². The van der Waals surface area contributed by atoms with Gasteiger partial charge >= 0.3 is 0 Å². The minimum atomic E-state index is 0.284. The molecule has 0 bridgehead atoms. The average Bonchev–Trinajstić information content (AvgIpc) is 3.34. The number of nitrogens with one attached hydrogen (secondary N) is 2. The summed E-state index contributed by atoms with van der Waals surface area (Å²) in [7, 11) is 1.84. The molecule has 2 fully saturated rings. The quantitative estimate of drug-likeness (QED) is 0.617. The molecule has 2 aliphatic rings. The molecule has 1 aromatic rings. The van der Waals surface area contributed by atoms with Crippen molar-refractivity contribution < 1.29 is 4.42 Å². The topological polar surface area (TPSA) is 52.8 Å². The first kappa shape index (κ1) is 16.7. The second kappa shape index (κ2) is 8.64. The SMILES string of the molecule is CN=C(NCC1CCCS1)NCC(c1ccco1)N1CCCC1. The van der Waals surface area contributed by atoms with Crippen LogP contribution in [0.1, 0.15) is 37.5 Å². The van der Waals surface area contributed by atoms with Crippen LogP contribution in [-0.2, 0) is 0 Å². The fourth-order valence-electron chi connectivity index (χ4n) is 3.37. The third kappa shape index (κ3) is 4.67. The van der Waals surface area contributed by atoms with Crippen LogP contribution in [-0.4, -0.2) is 55.1 Å². The fourth-order valence-corrected chi connectivity index (χ4v) is 4.57. The molecule has 0 radical (unpaired) electrons. The summed E-state index contributed by atoms with van der Waals surface area (Å²) < 4.78 is 5.67. The van der Waals surface area contributed by atoms with Crippen molar-refractivity contribution in [2.24, 2.45) is 4.99 Å². The van der Waals surface area contributed by atoms with Crippen molar-refractivity contribution in [1.29, 1.82) is 0 Å². The number of furan rings is 1. The highest BCUT2D eigenvalue weighted by Gasteiger charge is 2.25. The molecule has 0 aliphatic carbocycles. The maximum absolute atomic E-state index is 5.67. The van der Waals surface area contributed by atoms with Crippen LogP contribution in [0, 0.1) is 0 Å². The summed E-state index contributed by atoms with van der Waals surface area (Å²) in [5.74, 6) is 3.24. The maximum atomic E-state index is 5.67. The Kier molecular flexibility index (Phi) is 6.28. The van der Waals surface area contributed by atoms with E-state index < -0.39 is 0 Å². The van der Waals surface area contributed by atoms with Gasteiger partial charge in [0.05, 0.1) is 12.3 Å². The third-order valence-electron chi connectivity index (χ3n) is 4.66. The Balaban J connectivity index is 1.52. The first-order chi connectivity index (χ1) is 11.4. The van der Waals surface area contributed by atoms with Crippen LogP contribution in [0.15, 0.2) is 27.8 Å². The monoisotopic (exact) mass is 336 g/mol. The van der Waals surface area contributed by atoms with Gasteiger partial charge in [0, 0.05) is 25.4 Å². The first-order valence-electron chi connectivity index (χ1n) is 8.70. The van der Waals surface area contributed by atoms with Crippen molar-refractivity contribution in [3.05, 3.63) is 24.2 Å². The number of aliphatic imine (C=N–C) groups is 1. The molecule has 2 N–H and O–H groups in total. The van der Waals surface area contributed by atoms with E-state index in [4.69, 9.17) is 4.42 Å². The molecule has 1 aromatic heterocycles. The smallest absolute Gasteiger partial charge is 0.191 e. The van der Waals surface area contributed by atoms with E-state index >= 15 is 0 Å². The Morgan fingerprint density at radius 3 is 2.91 bits per heavy atom. The standard InChI is InChI=1S/C17H28N4OS/c1-18-17(19-12-14-6-5-11-23-14)20-13-15(16-7-4-10-22-16)21-8-2-3-9-21/h4,7,10,14-15H,2-3,5-6,8-9,11-13H2,1H3,(H2,18,19,20). The van der Waals surface area contributed by atoms with Crippen LogP contribution in [0.5, 0.6) is 0 Å². The Morgan fingerprint density at radius 2 is 2.26 bits per heavy atom. The lowest BCUT2D eigenvalue weighted by Crippen LogP contribution is -2.44. The molecule has 5 nitrogen and oxygen atoms in total. The van der Waals surface area contributed by atoms with Crippen LogP contribution < -0.4 is 10.6 Å². The molecule has 23 heavy (non-hydrogen) atoms. The molecule has 128 valence electrons. The number of thioether (sulfide) groups is 1. The number of likely N-dealkylation sites (tertiary alicyclic amines) is 1. The number of hydrogen-bond acceptors (Lipinski definition) is 4. The van der Waals surface area contributed by atoms with Crippen molar-refractivity contribution in [3.63, 3.8) is 0 Å². The van der Waals surface area contributed by atoms with Crippen LogP contribution in [0.2, 0.25) is 0 Å². The molecule has 2 unspecified atom stereocenters. The van der Waals surface area contributed by atoms with Crippen molar-refractivity contribution in [2.45, 2.75) is 37.0 Å². The first-order valence-corrected chi connectivity index (χ1v) is 9.75. The second-order valence-corrected chi connectivity index (χ2v) is 7.65. The van der Waals surface area contributed by atoms with E-state index in [9.17, 15) is 0 Å². The van der Waals surface area contributed by atoms with E-state index in [1.807, 2.05) is 13.1 Å². The number of hydrogen-bond donors (Lipinski definition) is 2. The van der Waals surface area contributed by atoms with Crippen molar-refractivity contribution >= 4 is 17.7 Å². The second-order valence-electron chi connectivity index (χ2n) is 6.24. The summed E-state index contributed by atoms with van der Waals surface area (Å²) in [5, 5.41) is 7.69. The average molecular weight is 337 g/mol. The summed E-state index contributed by atoms with van der Waals surface area (Å²) in [6.45, 7) is 4.13. The predicted molar refractivity (Wildman–Crippen MR) is 97.1 cm³/mol. The van der Waals surface area contributed by atoms with Crippen molar-refractivity contribution in [2.75, 3.05) is 39.0 Å². The summed E-state index contributed by atoms with van der Waals surface area (Å²) in [5.41, 5.74) is 0. The van der Waals surface area contributed by atoms with E-state index in [-0.39, 0.29) is 6.04 Å². The third-order valence-corrected chi connectivity index (χ3v) is 6.06. The van der Waals surface area contributed by atoms with E-state index in [1.54, 1.807) is 6.26 Å². The Labute approximate surface area is 143 Å². The highest BCUT2D eigenvalue weighted by Crippen LogP contribution is 2.26. The van der Waals surface area contributed by atoms with Gasteiger partial charge in [0.2, 0.25) is 0 Å². The Hall–Kier alpha value is -1.14. The van der Waals surface area contributed by atoms with Gasteiger partial charge in [-0.05, 0) is 56.7 Å². The molecule has 0 saturated carbocycles. The molecule has 6 heteroatoms. The molecule has 2 saturated heterocycles. The van der Waals surface area contributed by atoms with Gasteiger partial charge in [-0.3, -0.25) is 9.89 Å². The lowest BCUT2D eigenvalue weighted by atomic mass is 10.2. The van der Waals surface area contributed by atoms with Crippen LogP contribution in [0.4, 0.5) is 0 Å². The van der Waals surface area contributed by atoms with Crippen molar-refractivity contribution in [3.8, 4) is 0 Å². The molecular formula is C17H28N4OS. The summed E-state index contributed by atoms with van der Waals surface area (Å²) in [4.78, 5) is 6.87. The lowest BCUT2D eigenvalue weighted by molar-refractivity contribution is 0.215. The molecule has 2 aliphatic heterocycles. The molecule has 0 aromatic carbocycles. The van der Waals surface area contributed by atoms with Gasteiger partial charge in [-0.1, -0.05) is 0 Å². The van der Waals surface area contributed by atoms with Crippen LogP contribution in [0.25, 0.3) is 0 Å². The zero-order valence-electron chi connectivity index (χ0n) is 14.0. The van der Waals surface area contributed by atoms with Gasteiger partial charge in [0.25, 0.3) is 0 Å². The molecule has 2 atom stereocenters. The highest BCUT2D eigenvalue weighted by atomic mass is 32.2. The maximum Gasteiger partial charge on any atom is 0.191 e. The molecule has 0 amide bonds. The fraction of sp³-hybridized carbons (Fsp3) is 0.706. The van der Waals surface area contributed by atoms with E-state index in [0.29, 0.717) is 0 Å². The predicted octanol–water partition coefficient (Wildman–Crippen LogP) is 2.48.